The Balaban J connectivity index is 2.82. The summed E-state index contributed by atoms with van der Waals surface area (Å²) in [4.78, 5) is 8.00. The second-order valence-corrected chi connectivity index (χ2v) is 3.71. The number of fused-ring (bicyclic) bond motifs is 1. The molecule has 0 bridgehead atoms. The van der Waals surface area contributed by atoms with Crippen LogP contribution in [0, 0.1) is 0 Å². The number of rotatable bonds is 2. The van der Waals surface area contributed by atoms with E-state index in [0.717, 1.165) is 0 Å². The first kappa shape index (κ1) is 10.3. The van der Waals surface area contributed by atoms with Crippen molar-refractivity contribution < 1.29 is 0 Å². The number of allylic oxidation sites excluding steroid dienone is 1. The Morgan fingerprint density at radius 2 is 2.20 bits per heavy atom. The van der Waals surface area contributed by atoms with E-state index in [1.165, 1.54) is 0 Å². The zero-order valence-electron chi connectivity index (χ0n) is 7.74. The van der Waals surface area contributed by atoms with Crippen molar-refractivity contribution in [2.75, 3.05) is 5.73 Å². The minimum Gasteiger partial charge on any atom is -0.394 e. The Morgan fingerprint density at radius 3 is 2.87 bits per heavy atom. The van der Waals surface area contributed by atoms with Crippen molar-refractivity contribution >= 4 is 39.9 Å². The SMILES string of the molecule is C=CCn1cnc2c(Cl)nc(Cl)c(N)c21. The standard InChI is InChI=1S/C9H8Cl2N4/c1-2-3-15-4-13-6-7(15)5(12)8(10)14-9(6)11/h2,4H,1,3,12H2. The number of anilines is 1. The predicted octanol–water partition coefficient (Wildman–Crippen LogP) is 2.51. The number of nitrogens with zero attached hydrogens (tertiary/aromatic N) is 3. The highest BCUT2D eigenvalue weighted by molar-refractivity contribution is 6.38. The Kier molecular flexibility index (Phi) is 2.54. The monoisotopic (exact) mass is 242 g/mol. The van der Waals surface area contributed by atoms with Gasteiger partial charge in [-0.15, -0.1) is 6.58 Å². The molecule has 0 aliphatic carbocycles. The molecule has 2 heterocycles. The Hall–Kier alpha value is -1.26. The van der Waals surface area contributed by atoms with E-state index in [1.807, 2.05) is 4.57 Å². The molecule has 0 fully saturated rings. The van der Waals surface area contributed by atoms with E-state index in [0.29, 0.717) is 23.3 Å². The van der Waals surface area contributed by atoms with Gasteiger partial charge in [-0.25, -0.2) is 9.97 Å². The number of pyridine rings is 1. The van der Waals surface area contributed by atoms with Crippen LogP contribution >= 0.6 is 23.2 Å². The highest BCUT2D eigenvalue weighted by atomic mass is 35.5. The van der Waals surface area contributed by atoms with E-state index in [1.54, 1.807) is 12.4 Å². The van der Waals surface area contributed by atoms with Gasteiger partial charge in [-0.1, -0.05) is 29.3 Å². The first-order valence-electron chi connectivity index (χ1n) is 4.21. The van der Waals surface area contributed by atoms with Crippen LogP contribution in [0.3, 0.4) is 0 Å². The van der Waals surface area contributed by atoms with Gasteiger partial charge in [-0.3, -0.25) is 0 Å². The van der Waals surface area contributed by atoms with E-state index in [-0.39, 0.29) is 10.3 Å². The smallest absolute Gasteiger partial charge is 0.158 e. The number of nitrogen functional groups attached to an aromatic ring is 1. The molecule has 4 nitrogen and oxygen atoms in total. The van der Waals surface area contributed by atoms with Crippen molar-refractivity contribution in [3.05, 3.63) is 29.3 Å². The van der Waals surface area contributed by atoms with Crippen LogP contribution in [0.25, 0.3) is 11.0 Å². The van der Waals surface area contributed by atoms with Crippen LogP contribution in [0.5, 0.6) is 0 Å². The van der Waals surface area contributed by atoms with Gasteiger partial charge in [-0.2, -0.15) is 0 Å². The van der Waals surface area contributed by atoms with Crippen LogP contribution in [0.15, 0.2) is 19.0 Å². The third kappa shape index (κ3) is 1.56. The van der Waals surface area contributed by atoms with Gasteiger partial charge in [0.1, 0.15) is 5.52 Å². The van der Waals surface area contributed by atoms with Crippen molar-refractivity contribution in [3.63, 3.8) is 0 Å². The summed E-state index contributed by atoms with van der Waals surface area (Å²) in [6.07, 6.45) is 3.37. The fourth-order valence-corrected chi connectivity index (χ4v) is 1.83. The maximum absolute atomic E-state index is 5.90. The second kappa shape index (κ2) is 3.72. The number of aromatic nitrogens is 3. The molecule has 0 saturated heterocycles. The summed E-state index contributed by atoms with van der Waals surface area (Å²) in [5.74, 6) is 0. The molecule has 0 aliphatic heterocycles. The largest absolute Gasteiger partial charge is 0.394 e. The van der Waals surface area contributed by atoms with Gasteiger partial charge < -0.3 is 10.3 Å². The van der Waals surface area contributed by atoms with Gasteiger partial charge in [0, 0.05) is 6.54 Å². The van der Waals surface area contributed by atoms with Crippen molar-refractivity contribution in [2.24, 2.45) is 0 Å². The van der Waals surface area contributed by atoms with E-state index in [9.17, 15) is 0 Å². The summed E-state index contributed by atoms with van der Waals surface area (Å²) in [6, 6.07) is 0. The molecular weight excluding hydrogens is 235 g/mol. The quantitative estimate of drug-likeness (QED) is 0.651. The first-order chi connectivity index (χ1) is 7.15. The molecule has 0 amide bonds. The molecule has 2 aromatic heterocycles. The molecule has 0 unspecified atom stereocenters. The number of hydrogen-bond acceptors (Lipinski definition) is 3. The van der Waals surface area contributed by atoms with Crippen molar-refractivity contribution in [1.82, 2.24) is 14.5 Å². The summed E-state index contributed by atoms with van der Waals surface area (Å²) in [7, 11) is 0. The van der Waals surface area contributed by atoms with Gasteiger partial charge >= 0.3 is 0 Å². The number of imidazole rings is 1. The lowest BCUT2D eigenvalue weighted by molar-refractivity contribution is 0.852. The first-order valence-corrected chi connectivity index (χ1v) is 4.97. The Bertz CT molecular complexity index is 532. The maximum atomic E-state index is 5.90. The van der Waals surface area contributed by atoms with E-state index in [2.05, 4.69) is 16.5 Å². The lowest BCUT2D eigenvalue weighted by Crippen LogP contribution is -1.98. The second-order valence-electron chi connectivity index (χ2n) is 2.99. The molecule has 0 aliphatic rings. The third-order valence-corrected chi connectivity index (χ3v) is 2.58. The molecule has 0 spiro atoms. The van der Waals surface area contributed by atoms with Gasteiger partial charge in [0.2, 0.25) is 0 Å². The summed E-state index contributed by atoms with van der Waals surface area (Å²) in [6.45, 7) is 4.24. The van der Waals surface area contributed by atoms with E-state index in [4.69, 9.17) is 28.9 Å². The van der Waals surface area contributed by atoms with Crippen molar-refractivity contribution in [2.45, 2.75) is 6.54 Å². The Morgan fingerprint density at radius 1 is 1.47 bits per heavy atom. The van der Waals surface area contributed by atoms with Gasteiger partial charge in [0.15, 0.2) is 10.3 Å². The van der Waals surface area contributed by atoms with E-state index < -0.39 is 0 Å². The molecule has 2 N–H and O–H groups in total. The molecule has 2 aromatic rings. The minimum atomic E-state index is 0.193. The van der Waals surface area contributed by atoms with Crippen LogP contribution in [0.1, 0.15) is 0 Å². The van der Waals surface area contributed by atoms with Gasteiger partial charge in [0.25, 0.3) is 0 Å². The summed E-state index contributed by atoms with van der Waals surface area (Å²) >= 11 is 11.7. The number of hydrogen-bond donors (Lipinski definition) is 1. The number of nitrogens with two attached hydrogens (primary N) is 1. The summed E-state index contributed by atoms with van der Waals surface area (Å²) in [5.41, 5.74) is 7.45. The van der Waals surface area contributed by atoms with Crippen LogP contribution < -0.4 is 5.73 Å². The van der Waals surface area contributed by atoms with Crippen molar-refractivity contribution in [1.29, 1.82) is 0 Å². The summed E-state index contributed by atoms with van der Waals surface area (Å²) < 4.78 is 1.82. The van der Waals surface area contributed by atoms with Gasteiger partial charge in [0.05, 0.1) is 17.5 Å². The molecule has 6 heteroatoms. The van der Waals surface area contributed by atoms with Gasteiger partial charge in [-0.05, 0) is 0 Å². The molecular formula is C9H8Cl2N4. The highest BCUT2D eigenvalue weighted by Crippen LogP contribution is 2.30. The maximum Gasteiger partial charge on any atom is 0.158 e. The zero-order chi connectivity index (χ0) is 11.0. The lowest BCUT2D eigenvalue weighted by atomic mass is 10.3. The molecule has 0 atom stereocenters. The summed E-state index contributed by atoms with van der Waals surface area (Å²) in [5, 5.41) is 0.449. The molecule has 15 heavy (non-hydrogen) atoms. The normalized spacial score (nSPS) is 10.8. The zero-order valence-corrected chi connectivity index (χ0v) is 9.26. The van der Waals surface area contributed by atoms with Crippen LogP contribution in [0.4, 0.5) is 5.69 Å². The van der Waals surface area contributed by atoms with E-state index >= 15 is 0 Å². The fourth-order valence-electron chi connectivity index (χ4n) is 1.39. The fraction of sp³-hybridized carbons (Fsp3) is 0.111. The van der Waals surface area contributed by atoms with Crippen LogP contribution in [-0.4, -0.2) is 14.5 Å². The molecule has 0 saturated carbocycles. The molecule has 0 radical (unpaired) electrons. The third-order valence-electron chi connectivity index (χ3n) is 2.03. The highest BCUT2D eigenvalue weighted by Gasteiger charge is 2.13. The molecule has 2 rings (SSSR count). The number of halogens is 2. The van der Waals surface area contributed by atoms with Crippen LogP contribution in [0.2, 0.25) is 10.3 Å². The van der Waals surface area contributed by atoms with Crippen molar-refractivity contribution in [3.8, 4) is 0 Å². The minimum absolute atomic E-state index is 0.193. The predicted molar refractivity (Wildman–Crippen MR) is 62.2 cm³/mol. The topological polar surface area (TPSA) is 56.7 Å². The average Bonchev–Trinajstić information content (AvgIpc) is 2.60. The average molecular weight is 243 g/mol. The molecule has 78 valence electrons. The Labute approximate surface area is 96.3 Å². The lowest BCUT2D eigenvalue weighted by Gasteiger charge is -2.04. The molecule has 0 aromatic carbocycles. The van der Waals surface area contributed by atoms with Crippen LogP contribution in [-0.2, 0) is 6.54 Å².